The van der Waals surface area contributed by atoms with Crippen molar-refractivity contribution in [2.24, 2.45) is 0 Å². The second kappa shape index (κ2) is 17.8. The zero-order chi connectivity index (χ0) is 49.0. The third-order valence-electron chi connectivity index (χ3n) is 14.9. The minimum Gasteiger partial charge on any atom is -0.310 e. The SMILES string of the molecule is c1ccc(-c2ccc(N(c3cccc(-c4cccc(-c5cccc(-c6nc(-c7ccccc7)nc(-c7ccccc7)n6)c5)c4)c3)c3cccc4c3-c3ccccc3C43c4ccccc4-c4ccccc43)cc2)cc1. The molecule has 14 rings (SSSR count). The molecule has 0 saturated heterocycles. The summed E-state index contributed by atoms with van der Waals surface area (Å²) in [5.41, 5.74) is 22.8. The van der Waals surface area contributed by atoms with Crippen LogP contribution in [0.1, 0.15) is 22.3 Å². The van der Waals surface area contributed by atoms with E-state index in [1.54, 1.807) is 0 Å². The Hall–Kier alpha value is -9.77. The summed E-state index contributed by atoms with van der Waals surface area (Å²) in [7, 11) is 0. The van der Waals surface area contributed by atoms with Gasteiger partial charge in [0.05, 0.1) is 11.1 Å². The van der Waals surface area contributed by atoms with Crippen LogP contribution in [0.3, 0.4) is 0 Å². The Morgan fingerprint density at radius 3 is 1.19 bits per heavy atom. The van der Waals surface area contributed by atoms with Crippen LogP contribution in [0.2, 0.25) is 0 Å². The van der Waals surface area contributed by atoms with Gasteiger partial charge in [-0.3, -0.25) is 0 Å². The van der Waals surface area contributed by atoms with Crippen LogP contribution in [0, 0.1) is 0 Å². The molecule has 1 heterocycles. The van der Waals surface area contributed by atoms with Gasteiger partial charge in [0.2, 0.25) is 0 Å². The molecule has 0 atom stereocenters. The van der Waals surface area contributed by atoms with E-state index in [0.717, 1.165) is 56.0 Å². The van der Waals surface area contributed by atoms with Gasteiger partial charge in [0, 0.05) is 33.6 Å². The van der Waals surface area contributed by atoms with Crippen molar-refractivity contribution < 1.29 is 0 Å². The summed E-state index contributed by atoms with van der Waals surface area (Å²) >= 11 is 0. The minimum absolute atomic E-state index is 0.463. The van der Waals surface area contributed by atoms with Crippen LogP contribution in [0.15, 0.2) is 279 Å². The van der Waals surface area contributed by atoms with Crippen molar-refractivity contribution in [1.29, 1.82) is 0 Å². The first kappa shape index (κ1) is 43.1. The molecule has 4 heteroatoms. The van der Waals surface area contributed by atoms with Crippen LogP contribution >= 0.6 is 0 Å². The lowest BCUT2D eigenvalue weighted by molar-refractivity contribution is 0.794. The van der Waals surface area contributed by atoms with E-state index in [1.807, 2.05) is 60.7 Å². The van der Waals surface area contributed by atoms with E-state index in [0.29, 0.717) is 17.5 Å². The number of nitrogens with zero attached hydrogens (tertiary/aromatic N) is 4. The maximum absolute atomic E-state index is 5.04. The topological polar surface area (TPSA) is 41.9 Å². The molecule has 2 aliphatic carbocycles. The zero-order valence-electron chi connectivity index (χ0n) is 40.3. The lowest BCUT2D eigenvalue weighted by atomic mass is 9.70. The van der Waals surface area contributed by atoms with Gasteiger partial charge >= 0.3 is 0 Å². The average Bonchev–Trinajstić information content (AvgIpc) is 3.96. The lowest BCUT2D eigenvalue weighted by Crippen LogP contribution is -2.26. The van der Waals surface area contributed by atoms with Gasteiger partial charge in [-0.05, 0) is 115 Å². The molecule has 0 saturated carbocycles. The number of anilines is 3. The van der Waals surface area contributed by atoms with Gasteiger partial charge in [-0.2, -0.15) is 0 Å². The molecule has 1 aromatic heterocycles. The molecule has 12 aromatic rings. The summed E-state index contributed by atoms with van der Waals surface area (Å²) in [5, 5.41) is 0. The van der Waals surface area contributed by atoms with Crippen molar-refractivity contribution in [3.05, 3.63) is 301 Å². The maximum Gasteiger partial charge on any atom is 0.164 e. The van der Waals surface area contributed by atoms with Crippen LogP contribution in [0.4, 0.5) is 17.1 Å². The predicted molar refractivity (Wildman–Crippen MR) is 303 cm³/mol. The van der Waals surface area contributed by atoms with Gasteiger partial charge in [-0.15, -0.1) is 0 Å². The summed E-state index contributed by atoms with van der Waals surface area (Å²) < 4.78 is 0. The third kappa shape index (κ3) is 7.10. The fraction of sp³-hybridized carbons (Fsp3) is 0.0143. The average molecular weight is 943 g/mol. The predicted octanol–water partition coefficient (Wildman–Crippen LogP) is 17.7. The number of aromatic nitrogens is 3. The standard InChI is InChI=1S/C70H46N4/c1-4-20-47(21-5-1)48-40-42-56(43-41-48)74(65-39-19-38-64-66(65)60-34-12-15-37-63(60)70(64)61-35-13-10-32-58(61)59-33-11-14-36-62(59)70)57-31-18-29-54(46-57)52-27-16-26-51(44-52)53-28-17-30-55(45-53)69-72-67(49-22-6-2-7-23-49)71-68(73-69)50-24-8-3-9-25-50/h1-46H. The molecule has 0 N–H and O–H groups in total. The van der Waals surface area contributed by atoms with Crippen molar-refractivity contribution >= 4 is 17.1 Å². The van der Waals surface area contributed by atoms with Crippen LogP contribution in [-0.4, -0.2) is 15.0 Å². The van der Waals surface area contributed by atoms with Gasteiger partial charge in [-0.1, -0.05) is 237 Å². The number of hydrogen-bond acceptors (Lipinski definition) is 4. The molecule has 1 spiro atoms. The Morgan fingerprint density at radius 2 is 0.622 bits per heavy atom. The molecule has 2 aliphatic rings. The van der Waals surface area contributed by atoms with Gasteiger partial charge < -0.3 is 4.90 Å². The maximum atomic E-state index is 5.04. The fourth-order valence-corrected chi connectivity index (χ4v) is 11.6. The first-order valence-electron chi connectivity index (χ1n) is 25.3. The Kier molecular flexibility index (Phi) is 10.4. The monoisotopic (exact) mass is 942 g/mol. The van der Waals surface area contributed by atoms with Crippen molar-refractivity contribution in [2.45, 2.75) is 5.41 Å². The van der Waals surface area contributed by atoms with E-state index < -0.39 is 5.41 Å². The highest BCUT2D eigenvalue weighted by Crippen LogP contribution is 2.64. The van der Waals surface area contributed by atoms with E-state index in [2.05, 4.69) is 223 Å². The van der Waals surface area contributed by atoms with Gasteiger partial charge in [0.1, 0.15) is 0 Å². The zero-order valence-corrected chi connectivity index (χ0v) is 40.3. The molecule has 0 unspecified atom stereocenters. The second-order valence-corrected chi connectivity index (χ2v) is 19.1. The van der Waals surface area contributed by atoms with Crippen LogP contribution in [-0.2, 0) is 5.41 Å². The largest absolute Gasteiger partial charge is 0.310 e. The van der Waals surface area contributed by atoms with Crippen LogP contribution in [0.5, 0.6) is 0 Å². The molecule has 0 amide bonds. The summed E-state index contributed by atoms with van der Waals surface area (Å²) in [6.45, 7) is 0. The number of benzene rings is 11. The summed E-state index contributed by atoms with van der Waals surface area (Å²) in [5.74, 6) is 1.91. The van der Waals surface area contributed by atoms with Crippen molar-refractivity contribution in [3.63, 3.8) is 0 Å². The molecule has 0 radical (unpaired) electrons. The number of fused-ring (bicyclic) bond motifs is 10. The van der Waals surface area contributed by atoms with Crippen molar-refractivity contribution in [2.75, 3.05) is 4.90 Å². The third-order valence-corrected chi connectivity index (χ3v) is 14.9. The van der Waals surface area contributed by atoms with E-state index in [1.165, 1.54) is 55.6 Å². The molecule has 346 valence electrons. The summed E-state index contributed by atoms with van der Waals surface area (Å²) in [6, 6.07) is 100. The molecule has 74 heavy (non-hydrogen) atoms. The highest BCUT2D eigenvalue weighted by Gasteiger charge is 2.52. The van der Waals surface area contributed by atoms with Crippen molar-refractivity contribution in [3.8, 4) is 89.8 Å². The quantitative estimate of drug-likeness (QED) is 0.145. The highest BCUT2D eigenvalue weighted by atomic mass is 15.1. The molecule has 0 fully saturated rings. The normalized spacial score (nSPS) is 12.4. The second-order valence-electron chi connectivity index (χ2n) is 19.1. The number of rotatable bonds is 9. The van der Waals surface area contributed by atoms with Gasteiger partial charge in [0.15, 0.2) is 17.5 Å². The molecular formula is C70H46N4. The Labute approximate surface area is 431 Å². The van der Waals surface area contributed by atoms with E-state index in [-0.39, 0.29) is 0 Å². The molecular weight excluding hydrogens is 897 g/mol. The lowest BCUT2D eigenvalue weighted by Gasteiger charge is -2.32. The molecule has 4 nitrogen and oxygen atoms in total. The number of hydrogen-bond donors (Lipinski definition) is 0. The van der Waals surface area contributed by atoms with Gasteiger partial charge in [0.25, 0.3) is 0 Å². The minimum atomic E-state index is -0.463. The first-order chi connectivity index (χ1) is 36.7. The van der Waals surface area contributed by atoms with Crippen LogP contribution < -0.4 is 4.90 Å². The Bertz CT molecular complexity index is 3970. The van der Waals surface area contributed by atoms with Gasteiger partial charge in [-0.25, -0.2) is 15.0 Å². The van der Waals surface area contributed by atoms with E-state index in [9.17, 15) is 0 Å². The van der Waals surface area contributed by atoms with E-state index >= 15 is 0 Å². The molecule has 0 bridgehead atoms. The smallest absolute Gasteiger partial charge is 0.164 e. The van der Waals surface area contributed by atoms with Crippen LogP contribution in [0.25, 0.3) is 89.8 Å². The first-order valence-corrected chi connectivity index (χ1v) is 25.3. The molecule has 11 aromatic carbocycles. The Balaban J connectivity index is 0.894. The highest BCUT2D eigenvalue weighted by molar-refractivity contribution is 6.01. The van der Waals surface area contributed by atoms with E-state index in [4.69, 9.17) is 15.0 Å². The fourth-order valence-electron chi connectivity index (χ4n) is 11.6. The van der Waals surface area contributed by atoms with Crippen molar-refractivity contribution in [1.82, 2.24) is 15.0 Å². The molecule has 0 aliphatic heterocycles. The summed E-state index contributed by atoms with van der Waals surface area (Å²) in [6.07, 6.45) is 0. The Morgan fingerprint density at radius 1 is 0.243 bits per heavy atom. The summed E-state index contributed by atoms with van der Waals surface area (Å²) in [4.78, 5) is 17.5.